The van der Waals surface area contributed by atoms with Crippen LogP contribution in [0.2, 0.25) is 0 Å². The van der Waals surface area contributed by atoms with Gasteiger partial charge in [-0.1, -0.05) is 13.8 Å². The van der Waals surface area contributed by atoms with Gasteiger partial charge in [-0.25, -0.2) is 4.98 Å². The summed E-state index contributed by atoms with van der Waals surface area (Å²) in [5.74, 6) is 0.694. The summed E-state index contributed by atoms with van der Waals surface area (Å²) in [6.07, 6.45) is 3.10. The van der Waals surface area contributed by atoms with Crippen LogP contribution < -0.4 is 5.32 Å². The Morgan fingerprint density at radius 2 is 2.07 bits per heavy atom. The number of nitrogens with one attached hydrogen (secondary N) is 1. The maximum absolute atomic E-state index is 4.44. The maximum atomic E-state index is 4.44. The molecule has 0 aliphatic carbocycles. The third-order valence-corrected chi connectivity index (χ3v) is 3.00. The molecule has 0 aromatic carbocycles. The highest BCUT2D eigenvalue weighted by Gasteiger charge is 2.10. The fourth-order valence-corrected chi connectivity index (χ4v) is 2.30. The molecule has 0 aliphatic rings. The largest absolute Gasteiger partial charge is 0.307 e. The molecule has 0 aliphatic heterocycles. The van der Waals surface area contributed by atoms with E-state index in [1.54, 1.807) is 0 Å². The van der Waals surface area contributed by atoms with Gasteiger partial charge in [0.1, 0.15) is 0 Å². The Kier molecular flexibility index (Phi) is 4.29. The van der Waals surface area contributed by atoms with E-state index in [4.69, 9.17) is 0 Å². The van der Waals surface area contributed by atoms with Gasteiger partial charge in [0.05, 0.1) is 5.01 Å². The van der Waals surface area contributed by atoms with Crippen LogP contribution in [0.25, 0.3) is 0 Å². The molecule has 15 heavy (non-hydrogen) atoms. The molecule has 0 fully saturated rings. The predicted molar refractivity (Wildman–Crippen MR) is 67.2 cm³/mol. The topological polar surface area (TPSA) is 24.9 Å². The molecule has 1 aromatic heterocycles. The van der Waals surface area contributed by atoms with E-state index in [1.807, 2.05) is 17.5 Å². The fraction of sp³-hybridized carbons (Fsp3) is 0.750. The zero-order chi connectivity index (χ0) is 11.5. The summed E-state index contributed by atoms with van der Waals surface area (Å²) in [6, 6.07) is 0. The first-order chi connectivity index (χ1) is 6.87. The van der Waals surface area contributed by atoms with E-state index in [2.05, 4.69) is 44.9 Å². The molecule has 1 aromatic rings. The predicted octanol–water partition coefficient (Wildman–Crippen LogP) is 3.23. The molecule has 1 N–H and O–H groups in total. The molecule has 2 nitrogen and oxygen atoms in total. The number of hydrogen-bond donors (Lipinski definition) is 1. The van der Waals surface area contributed by atoms with E-state index in [-0.39, 0.29) is 5.54 Å². The Bertz CT molecular complexity index is 297. The van der Waals surface area contributed by atoms with Crippen LogP contribution in [0.3, 0.4) is 0 Å². The van der Waals surface area contributed by atoms with Gasteiger partial charge in [-0.3, -0.25) is 0 Å². The summed E-state index contributed by atoms with van der Waals surface area (Å²) in [5, 5.41) is 4.74. The van der Waals surface area contributed by atoms with Crippen LogP contribution in [0, 0.1) is 5.92 Å². The van der Waals surface area contributed by atoms with Gasteiger partial charge in [0.15, 0.2) is 0 Å². The molecule has 86 valence electrons. The summed E-state index contributed by atoms with van der Waals surface area (Å²) in [7, 11) is 0. The van der Waals surface area contributed by atoms with E-state index < -0.39 is 0 Å². The van der Waals surface area contributed by atoms with Crippen LogP contribution >= 0.6 is 11.3 Å². The molecular weight excluding hydrogens is 204 g/mol. The van der Waals surface area contributed by atoms with E-state index >= 15 is 0 Å². The van der Waals surface area contributed by atoms with Crippen molar-refractivity contribution in [2.24, 2.45) is 5.92 Å². The van der Waals surface area contributed by atoms with Gasteiger partial charge in [-0.2, -0.15) is 0 Å². The van der Waals surface area contributed by atoms with Crippen molar-refractivity contribution in [3.8, 4) is 0 Å². The molecule has 3 heteroatoms. The normalized spacial score (nSPS) is 12.4. The van der Waals surface area contributed by atoms with Gasteiger partial charge in [0.2, 0.25) is 0 Å². The van der Waals surface area contributed by atoms with E-state index in [0.717, 1.165) is 13.0 Å². The standard InChI is InChI=1S/C12H22N2S/c1-9(2)6-11-13-7-10(15-11)8-14-12(3,4)5/h7,9,14H,6,8H2,1-5H3. The summed E-state index contributed by atoms with van der Waals surface area (Å²) in [4.78, 5) is 5.77. The molecule has 0 bridgehead atoms. The molecule has 0 radical (unpaired) electrons. The highest BCUT2D eigenvalue weighted by atomic mass is 32.1. The van der Waals surface area contributed by atoms with Crippen molar-refractivity contribution in [1.82, 2.24) is 10.3 Å². The van der Waals surface area contributed by atoms with Crippen molar-refractivity contribution in [1.29, 1.82) is 0 Å². The lowest BCUT2D eigenvalue weighted by molar-refractivity contribution is 0.426. The van der Waals surface area contributed by atoms with Crippen molar-refractivity contribution in [2.75, 3.05) is 0 Å². The highest BCUT2D eigenvalue weighted by Crippen LogP contribution is 2.17. The fourth-order valence-electron chi connectivity index (χ4n) is 1.23. The summed E-state index contributed by atoms with van der Waals surface area (Å²) < 4.78 is 0. The van der Waals surface area contributed by atoms with Crippen LogP contribution in [-0.4, -0.2) is 10.5 Å². The first-order valence-corrected chi connectivity index (χ1v) is 6.37. The Balaban J connectivity index is 2.46. The van der Waals surface area contributed by atoms with Gasteiger partial charge in [-0.15, -0.1) is 11.3 Å². The molecule has 0 saturated heterocycles. The Labute approximate surface area is 97.1 Å². The molecule has 0 amide bonds. The first kappa shape index (κ1) is 12.7. The third-order valence-electron chi connectivity index (χ3n) is 1.98. The molecule has 0 saturated carbocycles. The number of nitrogens with zero attached hydrogens (tertiary/aromatic N) is 1. The molecule has 0 spiro atoms. The van der Waals surface area contributed by atoms with Crippen molar-refractivity contribution in [2.45, 2.75) is 53.1 Å². The number of aromatic nitrogens is 1. The van der Waals surface area contributed by atoms with Gasteiger partial charge in [0.25, 0.3) is 0 Å². The summed E-state index contributed by atoms with van der Waals surface area (Å²) in [6.45, 7) is 11.9. The van der Waals surface area contributed by atoms with Crippen molar-refractivity contribution >= 4 is 11.3 Å². The SMILES string of the molecule is CC(C)Cc1ncc(CNC(C)(C)C)s1. The van der Waals surface area contributed by atoms with Crippen LogP contribution in [0.4, 0.5) is 0 Å². The van der Waals surface area contributed by atoms with Gasteiger partial charge < -0.3 is 5.32 Å². The number of hydrogen-bond acceptors (Lipinski definition) is 3. The second-order valence-electron chi connectivity index (χ2n) is 5.42. The Morgan fingerprint density at radius 3 is 2.60 bits per heavy atom. The highest BCUT2D eigenvalue weighted by molar-refractivity contribution is 7.11. The second kappa shape index (κ2) is 5.08. The maximum Gasteiger partial charge on any atom is 0.0930 e. The van der Waals surface area contributed by atoms with Gasteiger partial charge in [0, 0.05) is 29.6 Å². The van der Waals surface area contributed by atoms with E-state index in [1.165, 1.54) is 9.88 Å². The summed E-state index contributed by atoms with van der Waals surface area (Å²) >= 11 is 1.83. The quantitative estimate of drug-likeness (QED) is 0.852. The van der Waals surface area contributed by atoms with Crippen molar-refractivity contribution < 1.29 is 0 Å². The van der Waals surface area contributed by atoms with Crippen LogP contribution in [-0.2, 0) is 13.0 Å². The minimum atomic E-state index is 0.183. The lowest BCUT2D eigenvalue weighted by Gasteiger charge is -2.19. The zero-order valence-electron chi connectivity index (χ0n) is 10.4. The van der Waals surface area contributed by atoms with Gasteiger partial charge in [-0.05, 0) is 26.7 Å². The van der Waals surface area contributed by atoms with Crippen molar-refractivity contribution in [3.63, 3.8) is 0 Å². The molecular formula is C12H22N2S. The average Bonchev–Trinajstić information content (AvgIpc) is 2.46. The van der Waals surface area contributed by atoms with Crippen LogP contribution in [0.1, 0.15) is 44.5 Å². The monoisotopic (exact) mass is 226 g/mol. The zero-order valence-corrected chi connectivity index (χ0v) is 11.2. The minimum absolute atomic E-state index is 0.183. The van der Waals surface area contributed by atoms with Gasteiger partial charge >= 0.3 is 0 Å². The lowest BCUT2D eigenvalue weighted by Crippen LogP contribution is -2.34. The number of thiazole rings is 1. The number of rotatable bonds is 4. The molecule has 0 atom stereocenters. The van der Waals surface area contributed by atoms with Crippen LogP contribution in [0.5, 0.6) is 0 Å². The molecule has 1 heterocycles. The lowest BCUT2D eigenvalue weighted by atomic mass is 10.1. The summed E-state index contributed by atoms with van der Waals surface area (Å²) in [5.41, 5.74) is 0.183. The van der Waals surface area contributed by atoms with Crippen LogP contribution in [0.15, 0.2) is 6.20 Å². The molecule has 1 rings (SSSR count). The third kappa shape index (κ3) is 5.28. The first-order valence-electron chi connectivity index (χ1n) is 5.55. The average molecular weight is 226 g/mol. The molecule has 0 unspecified atom stereocenters. The smallest absolute Gasteiger partial charge is 0.0930 e. The Hall–Kier alpha value is -0.410. The van der Waals surface area contributed by atoms with Crippen molar-refractivity contribution in [3.05, 3.63) is 16.1 Å². The second-order valence-corrected chi connectivity index (χ2v) is 6.62. The van der Waals surface area contributed by atoms with E-state index in [9.17, 15) is 0 Å². The Morgan fingerprint density at radius 1 is 1.40 bits per heavy atom. The minimum Gasteiger partial charge on any atom is -0.307 e. The van der Waals surface area contributed by atoms with E-state index in [0.29, 0.717) is 5.92 Å².